The third kappa shape index (κ3) is 8.22. The van der Waals surface area contributed by atoms with Gasteiger partial charge < -0.3 is 0 Å². The molecule has 1 aliphatic rings. The molecule has 0 aromatic heterocycles. The summed E-state index contributed by atoms with van der Waals surface area (Å²) in [6.45, 7) is 3.43. The van der Waals surface area contributed by atoms with Crippen LogP contribution in [0.15, 0.2) is 188 Å². The lowest BCUT2D eigenvalue weighted by Crippen LogP contribution is -2.28. The Morgan fingerprint density at radius 2 is 0.870 bits per heavy atom. The van der Waals surface area contributed by atoms with Gasteiger partial charge in [-0.3, -0.25) is 4.44 Å². The quantitative estimate of drug-likeness (QED) is 0.112. The summed E-state index contributed by atoms with van der Waals surface area (Å²) in [5.74, 6) is 0. The Kier molecular flexibility index (Phi) is 11.9. The SMILES string of the molecule is CCCCN(P(c1cc(-c2ccccc2)cc(-c2ccccc2)c1)c1cc(-c2ccccc2)cc(-c2ccccc2)c1)P1[C@@H](c2ccccc2)CC[C@@H]1P. The molecule has 7 aromatic rings. The Labute approximate surface area is 327 Å². The zero-order chi connectivity index (χ0) is 36.7. The van der Waals surface area contributed by atoms with Crippen molar-refractivity contribution in [1.82, 2.24) is 4.44 Å². The van der Waals surface area contributed by atoms with Gasteiger partial charge >= 0.3 is 0 Å². The molecular weight excluding hydrogens is 707 g/mol. The second kappa shape index (κ2) is 17.5. The van der Waals surface area contributed by atoms with E-state index < -0.39 is 16.1 Å². The molecule has 1 saturated heterocycles. The number of benzene rings is 7. The van der Waals surface area contributed by atoms with Gasteiger partial charge in [0.2, 0.25) is 0 Å². The third-order valence-electron chi connectivity index (χ3n) is 10.5. The molecule has 0 saturated carbocycles. The summed E-state index contributed by atoms with van der Waals surface area (Å²) >= 11 is 0. The molecule has 4 heteroatoms. The highest BCUT2D eigenvalue weighted by molar-refractivity contribution is 7.81. The van der Waals surface area contributed by atoms with Crippen molar-refractivity contribution < 1.29 is 0 Å². The molecule has 4 atom stereocenters. The van der Waals surface area contributed by atoms with Crippen LogP contribution in [0.2, 0.25) is 0 Å². The second-order valence-electron chi connectivity index (χ2n) is 14.2. The Hall–Kier alpha value is -4.21. The predicted molar refractivity (Wildman–Crippen MR) is 241 cm³/mol. The zero-order valence-electron chi connectivity index (χ0n) is 31.0. The largest absolute Gasteiger partial charge is 0.251 e. The topological polar surface area (TPSA) is 3.24 Å². The molecule has 0 radical (unpaired) electrons. The van der Waals surface area contributed by atoms with Crippen LogP contribution >= 0.6 is 25.4 Å². The Bertz CT molecular complexity index is 2000. The first-order chi connectivity index (χ1) is 26.7. The van der Waals surface area contributed by atoms with E-state index >= 15 is 0 Å². The van der Waals surface area contributed by atoms with E-state index in [0.717, 1.165) is 6.54 Å². The normalized spacial score (nSPS) is 16.9. The number of nitrogens with zero attached hydrogens (tertiary/aromatic N) is 1. The van der Waals surface area contributed by atoms with E-state index in [1.807, 2.05) is 0 Å². The summed E-state index contributed by atoms with van der Waals surface area (Å²) in [5.41, 5.74) is 12.2. The summed E-state index contributed by atoms with van der Waals surface area (Å²) < 4.78 is 3.05. The van der Waals surface area contributed by atoms with Crippen LogP contribution < -0.4 is 10.6 Å². The smallest absolute Gasteiger partial charge is 0.0319 e. The van der Waals surface area contributed by atoms with E-state index in [-0.39, 0.29) is 0 Å². The summed E-state index contributed by atoms with van der Waals surface area (Å²) in [5, 5.41) is 3.40. The molecule has 8 rings (SSSR count). The molecule has 0 aliphatic carbocycles. The fraction of sp³-hybridized carbons (Fsp3) is 0.160. The molecule has 1 heterocycles. The summed E-state index contributed by atoms with van der Waals surface area (Å²) in [7, 11) is 1.85. The molecular formula is C50H48NP3. The average molecular weight is 756 g/mol. The number of rotatable bonds is 12. The summed E-state index contributed by atoms with van der Waals surface area (Å²) in [6.07, 6.45) is 4.80. The fourth-order valence-electron chi connectivity index (χ4n) is 7.84. The Balaban J connectivity index is 1.41. The first-order valence-corrected chi connectivity index (χ1v) is 22.7. The van der Waals surface area contributed by atoms with Crippen molar-refractivity contribution >= 4 is 36.0 Å². The summed E-state index contributed by atoms with van der Waals surface area (Å²) in [6, 6.07) is 70.3. The zero-order valence-corrected chi connectivity index (χ0v) is 34.0. The maximum atomic E-state index is 3.35. The standard InChI is InChI=1S/C50H48NP3/c1-2-3-31-51(54-49(29-30-50(54)52)42-27-17-8-18-28-42)53(47-34-43(38-19-9-4-10-20-38)32-44(35-47)39-21-11-5-12-22-39)48-36-45(40-23-13-6-14-24-40)33-46(37-48)41-25-15-7-16-26-41/h4-28,32-37,49-50H,2-3,29-31,52H2,1H3/t49-,50-,54?/m1/s1. The van der Waals surface area contributed by atoms with E-state index in [2.05, 4.69) is 209 Å². The van der Waals surface area contributed by atoms with Crippen LogP contribution in [-0.4, -0.2) is 16.4 Å². The molecule has 1 nitrogen and oxygen atoms in total. The van der Waals surface area contributed by atoms with Gasteiger partial charge in [0.15, 0.2) is 0 Å². The minimum atomic E-state index is -0.958. The van der Waals surface area contributed by atoms with Crippen molar-refractivity contribution in [2.24, 2.45) is 0 Å². The van der Waals surface area contributed by atoms with Crippen molar-refractivity contribution in [3.63, 3.8) is 0 Å². The molecule has 0 spiro atoms. The maximum Gasteiger partial charge on any atom is 0.0319 e. The van der Waals surface area contributed by atoms with Gasteiger partial charge in [-0.25, -0.2) is 0 Å². The van der Waals surface area contributed by atoms with Crippen molar-refractivity contribution in [3.05, 3.63) is 194 Å². The molecule has 2 unspecified atom stereocenters. The lowest BCUT2D eigenvalue weighted by atomic mass is 9.99. The molecule has 1 fully saturated rings. The van der Waals surface area contributed by atoms with Gasteiger partial charge in [-0.2, -0.15) is 0 Å². The second-order valence-corrected chi connectivity index (χ2v) is 20.6. The molecule has 54 heavy (non-hydrogen) atoms. The van der Waals surface area contributed by atoms with Gasteiger partial charge in [0, 0.05) is 25.7 Å². The van der Waals surface area contributed by atoms with Gasteiger partial charge in [0.1, 0.15) is 0 Å². The summed E-state index contributed by atoms with van der Waals surface area (Å²) in [4.78, 5) is 0. The van der Waals surface area contributed by atoms with Crippen LogP contribution in [0.4, 0.5) is 0 Å². The number of unbranched alkanes of at least 4 members (excludes halogenated alkanes) is 1. The maximum absolute atomic E-state index is 3.35. The molecule has 268 valence electrons. The van der Waals surface area contributed by atoms with Gasteiger partial charge in [0.25, 0.3) is 0 Å². The predicted octanol–water partition coefficient (Wildman–Crippen LogP) is 13.9. The molecule has 0 N–H and O–H groups in total. The van der Waals surface area contributed by atoms with Crippen molar-refractivity contribution in [2.45, 2.75) is 43.7 Å². The highest BCUT2D eigenvalue weighted by atomic mass is 31.2. The van der Waals surface area contributed by atoms with Gasteiger partial charge in [0.05, 0.1) is 0 Å². The van der Waals surface area contributed by atoms with Crippen LogP contribution in [0.1, 0.15) is 43.8 Å². The Morgan fingerprint density at radius 1 is 0.500 bits per heavy atom. The van der Waals surface area contributed by atoms with Crippen molar-refractivity contribution in [1.29, 1.82) is 0 Å². The molecule has 1 aliphatic heterocycles. The molecule has 7 aromatic carbocycles. The highest BCUT2D eigenvalue weighted by Crippen LogP contribution is 2.72. The lowest BCUT2D eigenvalue weighted by molar-refractivity contribution is 0.635. The van der Waals surface area contributed by atoms with Crippen LogP contribution in [0.25, 0.3) is 44.5 Å². The minimum Gasteiger partial charge on any atom is -0.251 e. The first-order valence-electron chi connectivity index (χ1n) is 19.3. The van der Waals surface area contributed by atoms with Crippen LogP contribution in [0.3, 0.4) is 0 Å². The molecule has 0 amide bonds. The van der Waals surface area contributed by atoms with E-state index in [4.69, 9.17) is 0 Å². The first kappa shape index (κ1) is 36.8. The van der Waals surface area contributed by atoms with Crippen LogP contribution in [0, 0.1) is 0 Å². The van der Waals surface area contributed by atoms with Gasteiger partial charge in [-0.05, 0) is 124 Å². The highest BCUT2D eigenvalue weighted by Gasteiger charge is 2.42. The van der Waals surface area contributed by atoms with Crippen molar-refractivity contribution in [3.8, 4) is 44.5 Å². The fourth-order valence-corrected chi connectivity index (χ4v) is 16.7. The van der Waals surface area contributed by atoms with Crippen LogP contribution in [0.5, 0.6) is 0 Å². The van der Waals surface area contributed by atoms with E-state index in [1.165, 1.54) is 86.4 Å². The molecule has 0 bridgehead atoms. The minimum absolute atomic E-state index is 0.530. The lowest BCUT2D eigenvalue weighted by Gasteiger charge is -2.42. The van der Waals surface area contributed by atoms with Crippen molar-refractivity contribution in [2.75, 3.05) is 6.54 Å². The van der Waals surface area contributed by atoms with Crippen LogP contribution in [-0.2, 0) is 0 Å². The average Bonchev–Trinajstić information content (AvgIpc) is 3.64. The van der Waals surface area contributed by atoms with E-state index in [1.54, 1.807) is 0 Å². The third-order valence-corrected chi connectivity index (χ3v) is 18.0. The monoisotopic (exact) mass is 755 g/mol. The van der Waals surface area contributed by atoms with Gasteiger partial charge in [-0.1, -0.05) is 165 Å². The van der Waals surface area contributed by atoms with Gasteiger partial charge in [-0.15, -0.1) is 9.24 Å². The van der Waals surface area contributed by atoms with E-state index in [9.17, 15) is 0 Å². The number of hydrogen-bond donors (Lipinski definition) is 0. The number of hydrogen-bond acceptors (Lipinski definition) is 1. The Morgan fingerprint density at radius 3 is 1.24 bits per heavy atom. The van der Waals surface area contributed by atoms with E-state index in [0.29, 0.717) is 11.1 Å².